The lowest BCUT2D eigenvalue weighted by molar-refractivity contribution is -0.141. The van der Waals surface area contributed by atoms with Crippen molar-refractivity contribution >= 4 is 23.4 Å². The highest BCUT2D eigenvalue weighted by molar-refractivity contribution is 6.31. The molecule has 2 rings (SSSR count). The number of carbonyl (C=O) groups excluding carboxylic acids is 2. The fraction of sp³-hybridized carbons (Fsp3) is 0.417. The Kier molecular flexibility index (Phi) is 9.68. The maximum atomic E-state index is 13.2. The van der Waals surface area contributed by atoms with Crippen LogP contribution in [-0.2, 0) is 22.6 Å². The van der Waals surface area contributed by atoms with Crippen LogP contribution < -0.4 is 10.1 Å². The zero-order chi connectivity index (χ0) is 21.9. The molecular formula is C24H31ClN2O3. The number of hydrogen-bond acceptors (Lipinski definition) is 3. The first kappa shape index (κ1) is 23.7. The molecular weight excluding hydrogens is 400 g/mol. The van der Waals surface area contributed by atoms with E-state index in [9.17, 15) is 9.59 Å². The van der Waals surface area contributed by atoms with Gasteiger partial charge in [0.15, 0.2) is 0 Å². The number of halogens is 1. The third-order valence-corrected chi connectivity index (χ3v) is 5.36. The van der Waals surface area contributed by atoms with Gasteiger partial charge in [0.1, 0.15) is 11.8 Å². The van der Waals surface area contributed by atoms with Gasteiger partial charge in [-0.05, 0) is 48.6 Å². The van der Waals surface area contributed by atoms with Gasteiger partial charge in [-0.2, -0.15) is 0 Å². The Hall–Kier alpha value is -2.53. The highest BCUT2D eigenvalue weighted by Crippen LogP contribution is 2.20. The van der Waals surface area contributed by atoms with Gasteiger partial charge in [0.05, 0.1) is 7.11 Å². The maximum Gasteiger partial charge on any atom is 0.242 e. The number of amides is 2. The van der Waals surface area contributed by atoms with Gasteiger partial charge < -0.3 is 15.0 Å². The SMILES string of the molecule is CCCNC(=O)C(CC)N(Cc1cccc(OC)c1)C(=O)CCc1ccccc1Cl. The van der Waals surface area contributed by atoms with Crippen molar-refractivity contribution in [3.8, 4) is 5.75 Å². The average Bonchev–Trinajstić information content (AvgIpc) is 2.76. The molecule has 1 unspecified atom stereocenters. The molecule has 0 saturated heterocycles. The van der Waals surface area contributed by atoms with Crippen LogP contribution >= 0.6 is 11.6 Å². The molecule has 1 atom stereocenters. The Labute approximate surface area is 184 Å². The van der Waals surface area contributed by atoms with E-state index in [1.165, 1.54) is 0 Å². The molecule has 0 spiro atoms. The second-order valence-corrected chi connectivity index (χ2v) is 7.59. The normalized spacial score (nSPS) is 11.6. The van der Waals surface area contributed by atoms with Gasteiger partial charge in [-0.15, -0.1) is 0 Å². The first-order valence-electron chi connectivity index (χ1n) is 10.4. The Morgan fingerprint density at radius 1 is 1.13 bits per heavy atom. The van der Waals surface area contributed by atoms with Crippen molar-refractivity contribution in [2.45, 2.75) is 52.1 Å². The van der Waals surface area contributed by atoms with Crippen LogP contribution in [-0.4, -0.2) is 36.4 Å². The summed E-state index contributed by atoms with van der Waals surface area (Å²) < 4.78 is 5.31. The van der Waals surface area contributed by atoms with Gasteiger partial charge in [0, 0.05) is 24.5 Å². The molecule has 0 fully saturated rings. The average molecular weight is 431 g/mol. The van der Waals surface area contributed by atoms with Crippen LogP contribution in [0.4, 0.5) is 0 Å². The summed E-state index contributed by atoms with van der Waals surface area (Å²) in [5.41, 5.74) is 1.85. The molecule has 0 aromatic heterocycles. The maximum absolute atomic E-state index is 13.2. The van der Waals surface area contributed by atoms with Crippen molar-refractivity contribution in [3.05, 3.63) is 64.7 Å². The van der Waals surface area contributed by atoms with Crippen LogP contribution in [0.25, 0.3) is 0 Å². The second-order valence-electron chi connectivity index (χ2n) is 7.18. The van der Waals surface area contributed by atoms with Crippen LogP contribution in [0, 0.1) is 0 Å². The minimum absolute atomic E-state index is 0.0729. The number of hydrogen-bond donors (Lipinski definition) is 1. The fourth-order valence-corrected chi connectivity index (χ4v) is 3.57. The lowest BCUT2D eigenvalue weighted by Crippen LogP contribution is -2.49. The van der Waals surface area contributed by atoms with E-state index in [1.807, 2.05) is 62.4 Å². The minimum Gasteiger partial charge on any atom is -0.497 e. The van der Waals surface area contributed by atoms with Crippen LogP contribution in [0.1, 0.15) is 44.2 Å². The van der Waals surface area contributed by atoms with Crippen LogP contribution in [0.2, 0.25) is 5.02 Å². The molecule has 0 aliphatic heterocycles. The largest absolute Gasteiger partial charge is 0.497 e. The molecule has 162 valence electrons. The highest BCUT2D eigenvalue weighted by atomic mass is 35.5. The molecule has 1 N–H and O–H groups in total. The summed E-state index contributed by atoms with van der Waals surface area (Å²) >= 11 is 6.24. The van der Waals surface area contributed by atoms with Crippen LogP contribution in [0.5, 0.6) is 5.75 Å². The molecule has 30 heavy (non-hydrogen) atoms. The number of rotatable bonds is 11. The lowest BCUT2D eigenvalue weighted by atomic mass is 10.1. The van der Waals surface area contributed by atoms with Crippen molar-refractivity contribution in [2.24, 2.45) is 0 Å². The molecule has 2 amide bonds. The van der Waals surface area contributed by atoms with Crippen LogP contribution in [0.15, 0.2) is 48.5 Å². The predicted molar refractivity (Wildman–Crippen MR) is 121 cm³/mol. The van der Waals surface area contributed by atoms with Crippen LogP contribution in [0.3, 0.4) is 0 Å². The molecule has 6 heteroatoms. The number of ether oxygens (including phenoxy) is 1. The minimum atomic E-state index is -0.526. The highest BCUT2D eigenvalue weighted by Gasteiger charge is 2.28. The topological polar surface area (TPSA) is 58.6 Å². The van der Waals surface area contributed by atoms with E-state index in [2.05, 4.69) is 5.32 Å². The van der Waals surface area contributed by atoms with Crippen molar-refractivity contribution < 1.29 is 14.3 Å². The quantitative estimate of drug-likeness (QED) is 0.566. The number of methoxy groups -OCH3 is 1. The Morgan fingerprint density at radius 2 is 1.90 bits per heavy atom. The second kappa shape index (κ2) is 12.2. The number of benzene rings is 2. The molecule has 5 nitrogen and oxygen atoms in total. The summed E-state index contributed by atoms with van der Waals surface area (Å²) in [7, 11) is 1.61. The van der Waals surface area contributed by atoms with Gasteiger partial charge >= 0.3 is 0 Å². The Balaban J connectivity index is 2.22. The zero-order valence-electron chi connectivity index (χ0n) is 18.0. The van der Waals surface area contributed by atoms with E-state index in [-0.39, 0.29) is 18.2 Å². The van der Waals surface area contributed by atoms with E-state index < -0.39 is 6.04 Å². The first-order chi connectivity index (χ1) is 14.5. The summed E-state index contributed by atoms with van der Waals surface area (Å²) in [5, 5.41) is 3.58. The summed E-state index contributed by atoms with van der Waals surface area (Å²) in [5.74, 6) is 0.532. The van der Waals surface area contributed by atoms with E-state index in [4.69, 9.17) is 16.3 Å². The molecule has 0 heterocycles. The number of aryl methyl sites for hydroxylation is 1. The van der Waals surface area contributed by atoms with Crippen molar-refractivity contribution in [2.75, 3.05) is 13.7 Å². The molecule has 0 radical (unpaired) electrons. The van der Waals surface area contributed by atoms with E-state index in [0.717, 1.165) is 23.3 Å². The molecule has 2 aromatic rings. The number of nitrogens with zero attached hydrogens (tertiary/aromatic N) is 1. The summed E-state index contributed by atoms with van der Waals surface area (Å²) in [4.78, 5) is 27.7. The van der Waals surface area contributed by atoms with Gasteiger partial charge in [-0.3, -0.25) is 9.59 Å². The zero-order valence-corrected chi connectivity index (χ0v) is 18.7. The van der Waals surface area contributed by atoms with E-state index in [1.54, 1.807) is 12.0 Å². The van der Waals surface area contributed by atoms with E-state index >= 15 is 0 Å². The standard InChI is InChI=1S/C24H31ClN2O3/c1-4-15-26-24(29)22(5-2)27(17-18-9-8-11-20(16-18)30-3)23(28)14-13-19-10-6-7-12-21(19)25/h6-12,16,22H,4-5,13-15,17H2,1-3H3,(H,26,29). The van der Waals surface area contributed by atoms with Gasteiger partial charge in [-0.25, -0.2) is 0 Å². The molecule has 0 bridgehead atoms. The van der Waals surface area contributed by atoms with E-state index in [0.29, 0.717) is 31.0 Å². The molecule has 0 saturated carbocycles. The lowest BCUT2D eigenvalue weighted by Gasteiger charge is -2.31. The Bertz CT molecular complexity index is 841. The van der Waals surface area contributed by atoms with Crippen molar-refractivity contribution in [1.82, 2.24) is 10.2 Å². The number of nitrogens with one attached hydrogen (secondary N) is 1. The third-order valence-electron chi connectivity index (χ3n) is 4.99. The third kappa shape index (κ3) is 6.77. The number of carbonyl (C=O) groups is 2. The first-order valence-corrected chi connectivity index (χ1v) is 10.8. The predicted octanol–water partition coefficient (Wildman–Crippen LogP) is 4.61. The summed E-state index contributed by atoms with van der Waals surface area (Å²) in [6, 6.07) is 14.6. The van der Waals surface area contributed by atoms with Crippen molar-refractivity contribution in [3.63, 3.8) is 0 Å². The fourth-order valence-electron chi connectivity index (χ4n) is 3.34. The summed E-state index contributed by atoms with van der Waals surface area (Å²) in [6.45, 7) is 4.87. The smallest absolute Gasteiger partial charge is 0.242 e. The van der Waals surface area contributed by atoms with Crippen molar-refractivity contribution in [1.29, 1.82) is 0 Å². The molecule has 0 aliphatic rings. The molecule has 2 aromatic carbocycles. The Morgan fingerprint density at radius 3 is 2.57 bits per heavy atom. The molecule has 0 aliphatic carbocycles. The van der Waals surface area contributed by atoms with Gasteiger partial charge in [0.25, 0.3) is 0 Å². The summed E-state index contributed by atoms with van der Waals surface area (Å²) in [6.07, 6.45) is 2.20. The van der Waals surface area contributed by atoms with Gasteiger partial charge in [0.2, 0.25) is 11.8 Å². The monoisotopic (exact) mass is 430 g/mol. The van der Waals surface area contributed by atoms with Gasteiger partial charge in [-0.1, -0.05) is 55.8 Å².